The molecule has 28 heavy (non-hydrogen) atoms. The van der Waals surface area contributed by atoms with Crippen molar-refractivity contribution in [1.82, 2.24) is 5.32 Å². The SMILES string of the molecule is [B]C1OC(COC)C(OC)C1OCOCCOCCNC(=O)CCCCOC. The highest BCUT2D eigenvalue weighted by molar-refractivity contribution is 6.11. The molecule has 1 aliphatic rings. The third kappa shape index (κ3) is 10.2. The van der Waals surface area contributed by atoms with Gasteiger partial charge in [0.15, 0.2) is 0 Å². The van der Waals surface area contributed by atoms with Crippen LogP contribution < -0.4 is 5.32 Å². The molecule has 1 aliphatic heterocycles. The number of hydrogen-bond acceptors (Lipinski definition) is 8. The lowest BCUT2D eigenvalue weighted by Crippen LogP contribution is -2.39. The Bertz CT molecular complexity index is 404. The Kier molecular flexibility index (Phi) is 14.5. The van der Waals surface area contributed by atoms with Crippen molar-refractivity contribution in [1.29, 1.82) is 0 Å². The maximum absolute atomic E-state index is 11.6. The highest BCUT2D eigenvalue weighted by Gasteiger charge is 2.43. The molecule has 1 rings (SSSR count). The van der Waals surface area contributed by atoms with Gasteiger partial charge >= 0.3 is 0 Å². The third-order valence-corrected chi connectivity index (χ3v) is 4.24. The first-order chi connectivity index (χ1) is 13.6. The Morgan fingerprint density at radius 1 is 1.00 bits per heavy atom. The maximum atomic E-state index is 11.6. The van der Waals surface area contributed by atoms with E-state index in [0.29, 0.717) is 46.0 Å². The lowest BCUT2D eigenvalue weighted by molar-refractivity contribution is -0.130. The van der Waals surface area contributed by atoms with Gasteiger partial charge in [0.2, 0.25) is 5.91 Å². The van der Waals surface area contributed by atoms with Crippen molar-refractivity contribution in [2.45, 2.75) is 43.6 Å². The summed E-state index contributed by atoms with van der Waals surface area (Å²) in [4.78, 5) is 11.6. The predicted octanol–water partition coefficient (Wildman–Crippen LogP) is -0.150. The van der Waals surface area contributed by atoms with E-state index in [4.69, 9.17) is 41.0 Å². The minimum atomic E-state index is -0.594. The minimum absolute atomic E-state index is 0.0268. The van der Waals surface area contributed by atoms with Gasteiger partial charge in [-0.1, -0.05) is 0 Å². The summed E-state index contributed by atoms with van der Waals surface area (Å²) in [6.07, 6.45) is 1.20. The normalized spacial score (nSPS) is 24.5. The minimum Gasteiger partial charge on any atom is -0.385 e. The zero-order valence-corrected chi connectivity index (χ0v) is 17.2. The fourth-order valence-electron chi connectivity index (χ4n) is 2.82. The van der Waals surface area contributed by atoms with Crippen LogP contribution in [0.3, 0.4) is 0 Å². The van der Waals surface area contributed by atoms with Gasteiger partial charge in [-0.2, -0.15) is 0 Å². The van der Waals surface area contributed by atoms with Crippen LogP contribution in [0.2, 0.25) is 0 Å². The van der Waals surface area contributed by atoms with Crippen molar-refractivity contribution in [3.63, 3.8) is 0 Å². The fraction of sp³-hybridized carbons (Fsp3) is 0.944. The van der Waals surface area contributed by atoms with Crippen molar-refractivity contribution < 1.29 is 38.0 Å². The second kappa shape index (κ2) is 16.1. The number of carbonyl (C=O) groups is 1. The van der Waals surface area contributed by atoms with Gasteiger partial charge in [0.1, 0.15) is 33.0 Å². The molecular weight excluding hydrogens is 369 g/mol. The first kappa shape index (κ1) is 25.3. The Balaban J connectivity index is 1.98. The molecular formula is C18H34BNO8. The fourth-order valence-corrected chi connectivity index (χ4v) is 2.82. The van der Waals surface area contributed by atoms with E-state index in [-0.39, 0.29) is 24.9 Å². The molecule has 4 unspecified atom stereocenters. The van der Waals surface area contributed by atoms with E-state index >= 15 is 0 Å². The summed E-state index contributed by atoms with van der Waals surface area (Å²) in [5, 5.41) is 2.81. The molecule has 0 aliphatic carbocycles. The average Bonchev–Trinajstić information content (AvgIpc) is 2.98. The number of rotatable bonds is 17. The Hall–Kier alpha value is -0.745. The summed E-state index contributed by atoms with van der Waals surface area (Å²) in [6.45, 7) is 2.80. The molecule has 0 bridgehead atoms. The summed E-state index contributed by atoms with van der Waals surface area (Å²) in [5.41, 5.74) is 0. The van der Waals surface area contributed by atoms with Crippen LogP contribution in [0.5, 0.6) is 0 Å². The van der Waals surface area contributed by atoms with Crippen molar-refractivity contribution in [2.75, 3.05) is 67.7 Å². The molecule has 9 nitrogen and oxygen atoms in total. The molecule has 1 N–H and O–H groups in total. The van der Waals surface area contributed by atoms with Crippen LogP contribution in [0.1, 0.15) is 19.3 Å². The summed E-state index contributed by atoms with van der Waals surface area (Å²) in [7, 11) is 10.8. The van der Waals surface area contributed by atoms with E-state index in [0.717, 1.165) is 12.8 Å². The second-order valence-corrected chi connectivity index (χ2v) is 6.36. The highest BCUT2D eigenvalue weighted by Crippen LogP contribution is 2.24. The van der Waals surface area contributed by atoms with Gasteiger partial charge in [-0.3, -0.25) is 4.79 Å². The van der Waals surface area contributed by atoms with E-state index in [1.165, 1.54) is 0 Å². The Morgan fingerprint density at radius 2 is 1.79 bits per heavy atom. The van der Waals surface area contributed by atoms with Gasteiger partial charge in [-0.25, -0.2) is 0 Å². The number of amides is 1. The second-order valence-electron chi connectivity index (χ2n) is 6.36. The van der Waals surface area contributed by atoms with Crippen molar-refractivity contribution in [3.05, 3.63) is 0 Å². The molecule has 0 aromatic heterocycles. The number of hydrogen-bond donors (Lipinski definition) is 1. The van der Waals surface area contributed by atoms with Gasteiger partial charge < -0.3 is 38.5 Å². The van der Waals surface area contributed by atoms with Crippen molar-refractivity contribution >= 4 is 13.8 Å². The lowest BCUT2D eigenvalue weighted by Gasteiger charge is -2.22. The molecule has 0 aromatic rings. The topological polar surface area (TPSA) is 93.7 Å². The van der Waals surface area contributed by atoms with E-state index in [9.17, 15) is 4.79 Å². The summed E-state index contributed by atoms with van der Waals surface area (Å²) in [6, 6.07) is -0.594. The van der Waals surface area contributed by atoms with Gasteiger partial charge in [0.05, 0.1) is 26.4 Å². The van der Waals surface area contributed by atoms with E-state index in [2.05, 4.69) is 5.32 Å². The smallest absolute Gasteiger partial charge is 0.220 e. The van der Waals surface area contributed by atoms with Crippen LogP contribution in [0.4, 0.5) is 0 Å². The molecule has 0 spiro atoms. The van der Waals surface area contributed by atoms with E-state index in [1.807, 2.05) is 0 Å². The molecule has 4 atom stereocenters. The van der Waals surface area contributed by atoms with Crippen LogP contribution in [0.25, 0.3) is 0 Å². The number of methoxy groups -OCH3 is 3. The summed E-state index contributed by atoms with van der Waals surface area (Å²) < 4.78 is 37.5. The van der Waals surface area contributed by atoms with Gasteiger partial charge in [-0.15, -0.1) is 0 Å². The lowest BCUT2D eigenvalue weighted by atomic mass is 9.93. The van der Waals surface area contributed by atoms with Crippen LogP contribution in [0, 0.1) is 0 Å². The van der Waals surface area contributed by atoms with Crippen LogP contribution >= 0.6 is 0 Å². The van der Waals surface area contributed by atoms with Gasteiger partial charge in [0, 0.05) is 46.9 Å². The average molecular weight is 403 g/mol. The Labute approximate surface area is 169 Å². The summed E-state index contributed by atoms with van der Waals surface area (Å²) in [5.74, 6) is 0.0268. The molecule has 1 amide bonds. The molecule has 10 heteroatoms. The molecule has 0 aromatic carbocycles. The standard InChI is InChI=1S/C18H34BNO8/c1-22-8-5-4-6-15(21)20-7-9-25-10-11-26-13-27-17-16(24-3)14(12-23-2)28-18(17)19/h14,16-18H,4-13H2,1-3H3,(H,20,21). The first-order valence-corrected chi connectivity index (χ1v) is 9.59. The Morgan fingerprint density at radius 3 is 2.50 bits per heavy atom. The highest BCUT2D eigenvalue weighted by atomic mass is 16.7. The number of carbonyl (C=O) groups excluding carboxylic acids is 1. The maximum Gasteiger partial charge on any atom is 0.220 e. The monoisotopic (exact) mass is 403 g/mol. The van der Waals surface area contributed by atoms with Gasteiger partial charge in [0.25, 0.3) is 0 Å². The molecule has 1 saturated heterocycles. The molecule has 2 radical (unpaired) electrons. The summed E-state index contributed by atoms with van der Waals surface area (Å²) >= 11 is 0. The number of nitrogens with one attached hydrogen (secondary N) is 1. The van der Waals surface area contributed by atoms with E-state index < -0.39 is 12.1 Å². The zero-order valence-electron chi connectivity index (χ0n) is 17.2. The van der Waals surface area contributed by atoms with Crippen LogP contribution in [0.15, 0.2) is 0 Å². The quantitative estimate of drug-likeness (QED) is 0.204. The molecule has 1 fully saturated rings. The van der Waals surface area contributed by atoms with E-state index in [1.54, 1.807) is 21.3 Å². The zero-order chi connectivity index (χ0) is 20.6. The van der Waals surface area contributed by atoms with Crippen LogP contribution in [-0.4, -0.2) is 106 Å². The number of unbranched alkanes of at least 4 members (excludes halogenated alkanes) is 1. The third-order valence-electron chi connectivity index (χ3n) is 4.24. The molecule has 162 valence electrons. The van der Waals surface area contributed by atoms with Crippen molar-refractivity contribution in [2.24, 2.45) is 0 Å². The van der Waals surface area contributed by atoms with Gasteiger partial charge in [-0.05, 0) is 12.8 Å². The molecule has 1 heterocycles. The van der Waals surface area contributed by atoms with Crippen molar-refractivity contribution in [3.8, 4) is 0 Å². The molecule has 0 saturated carbocycles. The first-order valence-electron chi connectivity index (χ1n) is 9.59. The van der Waals surface area contributed by atoms with Crippen LogP contribution in [-0.2, 0) is 38.0 Å². The largest absolute Gasteiger partial charge is 0.385 e. The predicted molar refractivity (Wildman–Crippen MR) is 102 cm³/mol. The number of ether oxygens (including phenoxy) is 7.